The van der Waals surface area contributed by atoms with Gasteiger partial charge in [-0.3, -0.25) is 4.79 Å². The summed E-state index contributed by atoms with van der Waals surface area (Å²) in [7, 11) is 0. The van der Waals surface area contributed by atoms with E-state index in [0.717, 1.165) is 11.1 Å². The van der Waals surface area contributed by atoms with E-state index in [1.54, 1.807) is 0 Å². The maximum atomic E-state index is 11.9. The predicted octanol–water partition coefficient (Wildman–Crippen LogP) is 2.32. The molecule has 0 radical (unpaired) electrons. The predicted molar refractivity (Wildman–Crippen MR) is 66.7 cm³/mol. The first kappa shape index (κ1) is 15.5. The van der Waals surface area contributed by atoms with E-state index in [9.17, 15) is 18.0 Å². The lowest BCUT2D eigenvalue weighted by atomic mass is 10.0. The zero-order chi connectivity index (χ0) is 14.5. The van der Waals surface area contributed by atoms with Crippen molar-refractivity contribution in [3.05, 3.63) is 35.4 Å². The van der Waals surface area contributed by atoms with Crippen LogP contribution in [-0.2, 0) is 4.79 Å². The molecule has 1 aromatic rings. The van der Waals surface area contributed by atoms with Crippen LogP contribution in [0.4, 0.5) is 13.2 Å². The molecule has 1 unspecified atom stereocenters. The molecular weight excluding hydrogens is 257 g/mol. The molecule has 0 fully saturated rings. The molecule has 0 aliphatic rings. The highest BCUT2D eigenvalue weighted by atomic mass is 19.4. The van der Waals surface area contributed by atoms with Crippen molar-refractivity contribution in [2.75, 3.05) is 13.1 Å². The van der Waals surface area contributed by atoms with Crippen molar-refractivity contribution < 1.29 is 18.0 Å². The zero-order valence-corrected chi connectivity index (χ0v) is 10.8. The lowest BCUT2D eigenvalue weighted by Crippen LogP contribution is -2.39. The number of amides is 1. The lowest BCUT2D eigenvalue weighted by Gasteiger charge is -2.16. The van der Waals surface area contributed by atoms with E-state index in [1.807, 2.05) is 43.4 Å². The smallest absolute Gasteiger partial charge is 0.346 e. The number of aryl methyl sites for hydroxylation is 1. The van der Waals surface area contributed by atoms with Crippen LogP contribution >= 0.6 is 0 Å². The fourth-order valence-electron chi connectivity index (χ4n) is 1.69. The van der Waals surface area contributed by atoms with Gasteiger partial charge in [-0.15, -0.1) is 0 Å². The van der Waals surface area contributed by atoms with Crippen LogP contribution in [0.3, 0.4) is 0 Å². The summed E-state index contributed by atoms with van der Waals surface area (Å²) in [6.07, 6.45) is -4.38. The Bertz CT molecular complexity index is 432. The molecule has 0 heterocycles. The van der Waals surface area contributed by atoms with E-state index in [-0.39, 0.29) is 12.6 Å². The van der Waals surface area contributed by atoms with Gasteiger partial charge in [-0.2, -0.15) is 13.2 Å². The molecule has 1 amide bonds. The SMILES string of the molecule is Cc1ccccc1C(C)NCC(=O)NCC(F)(F)F. The minimum Gasteiger partial charge on any atom is -0.346 e. The van der Waals surface area contributed by atoms with Gasteiger partial charge < -0.3 is 10.6 Å². The third-order valence-electron chi connectivity index (χ3n) is 2.71. The Labute approximate surface area is 110 Å². The first-order chi connectivity index (χ1) is 8.79. The highest BCUT2D eigenvalue weighted by molar-refractivity contribution is 5.78. The van der Waals surface area contributed by atoms with Gasteiger partial charge in [0.25, 0.3) is 0 Å². The van der Waals surface area contributed by atoms with Gasteiger partial charge >= 0.3 is 6.18 Å². The molecule has 106 valence electrons. The standard InChI is InChI=1S/C13H17F3N2O/c1-9-5-3-4-6-11(9)10(2)17-7-12(19)18-8-13(14,15)16/h3-6,10,17H,7-8H2,1-2H3,(H,18,19). The van der Waals surface area contributed by atoms with Crippen molar-refractivity contribution in [3.63, 3.8) is 0 Å². The van der Waals surface area contributed by atoms with E-state index in [0.29, 0.717) is 0 Å². The molecule has 1 rings (SSSR count). The van der Waals surface area contributed by atoms with Gasteiger partial charge in [0.15, 0.2) is 0 Å². The Balaban J connectivity index is 2.40. The van der Waals surface area contributed by atoms with Crippen LogP contribution in [0.2, 0.25) is 0 Å². The molecule has 19 heavy (non-hydrogen) atoms. The number of benzene rings is 1. The van der Waals surface area contributed by atoms with Crippen molar-refractivity contribution in [3.8, 4) is 0 Å². The average molecular weight is 274 g/mol. The summed E-state index contributed by atoms with van der Waals surface area (Å²) in [6, 6.07) is 7.54. The maximum absolute atomic E-state index is 11.9. The second-order valence-corrected chi connectivity index (χ2v) is 4.35. The molecule has 1 aromatic carbocycles. The molecular formula is C13H17F3N2O. The summed E-state index contributed by atoms with van der Waals surface area (Å²) < 4.78 is 35.7. The second-order valence-electron chi connectivity index (χ2n) is 4.35. The minimum atomic E-state index is -4.38. The summed E-state index contributed by atoms with van der Waals surface area (Å²) in [5.41, 5.74) is 2.09. The molecule has 0 aromatic heterocycles. The van der Waals surface area contributed by atoms with Gasteiger partial charge in [0.05, 0.1) is 6.54 Å². The number of carbonyl (C=O) groups excluding carboxylic acids is 1. The molecule has 0 aliphatic carbocycles. The van der Waals surface area contributed by atoms with Crippen LogP contribution in [0.25, 0.3) is 0 Å². The number of alkyl halides is 3. The number of hydrogen-bond donors (Lipinski definition) is 2. The summed E-state index contributed by atoms with van der Waals surface area (Å²) in [6.45, 7) is 2.36. The molecule has 0 bridgehead atoms. The fourth-order valence-corrected chi connectivity index (χ4v) is 1.69. The molecule has 2 N–H and O–H groups in total. The number of halogens is 3. The van der Waals surface area contributed by atoms with Gasteiger partial charge in [-0.05, 0) is 25.0 Å². The Morgan fingerprint density at radius 2 is 1.95 bits per heavy atom. The van der Waals surface area contributed by atoms with E-state index in [4.69, 9.17) is 0 Å². The Morgan fingerprint density at radius 1 is 1.32 bits per heavy atom. The topological polar surface area (TPSA) is 41.1 Å². The summed E-state index contributed by atoms with van der Waals surface area (Å²) >= 11 is 0. The van der Waals surface area contributed by atoms with Crippen molar-refractivity contribution in [1.82, 2.24) is 10.6 Å². The van der Waals surface area contributed by atoms with E-state index in [1.165, 1.54) is 0 Å². The first-order valence-electron chi connectivity index (χ1n) is 5.92. The molecule has 1 atom stereocenters. The highest BCUT2D eigenvalue weighted by Crippen LogP contribution is 2.16. The van der Waals surface area contributed by atoms with Crippen molar-refractivity contribution >= 4 is 5.91 Å². The zero-order valence-electron chi connectivity index (χ0n) is 10.8. The molecule has 0 saturated carbocycles. The first-order valence-corrected chi connectivity index (χ1v) is 5.92. The fraction of sp³-hybridized carbons (Fsp3) is 0.462. The third-order valence-corrected chi connectivity index (χ3v) is 2.71. The monoisotopic (exact) mass is 274 g/mol. The van der Waals surface area contributed by atoms with Gasteiger partial charge in [0.1, 0.15) is 6.54 Å². The van der Waals surface area contributed by atoms with Crippen molar-refractivity contribution in [1.29, 1.82) is 0 Å². The van der Waals surface area contributed by atoms with Gasteiger partial charge in [-0.1, -0.05) is 24.3 Å². The van der Waals surface area contributed by atoms with Crippen LogP contribution in [0.15, 0.2) is 24.3 Å². The third kappa shape index (κ3) is 5.74. The number of rotatable bonds is 5. The average Bonchev–Trinajstić information content (AvgIpc) is 2.33. The molecule has 0 spiro atoms. The number of carbonyl (C=O) groups is 1. The Morgan fingerprint density at radius 3 is 2.53 bits per heavy atom. The molecule has 6 heteroatoms. The summed E-state index contributed by atoms with van der Waals surface area (Å²) in [5.74, 6) is -0.669. The molecule has 3 nitrogen and oxygen atoms in total. The van der Waals surface area contributed by atoms with E-state index in [2.05, 4.69) is 5.32 Å². The molecule has 0 aliphatic heterocycles. The van der Waals surface area contributed by atoms with Crippen LogP contribution in [-0.4, -0.2) is 25.2 Å². The van der Waals surface area contributed by atoms with Gasteiger partial charge in [-0.25, -0.2) is 0 Å². The number of hydrogen-bond acceptors (Lipinski definition) is 2. The lowest BCUT2D eigenvalue weighted by molar-refractivity contribution is -0.137. The van der Waals surface area contributed by atoms with Gasteiger partial charge in [0.2, 0.25) is 5.91 Å². The normalized spacial score (nSPS) is 13.1. The summed E-state index contributed by atoms with van der Waals surface area (Å²) in [4.78, 5) is 11.2. The molecule has 0 saturated heterocycles. The Kier molecular flexibility index (Phi) is 5.35. The van der Waals surface area contributed by atoms with E-state index < -0.39 is 18.6 Å². The Hall–Kier alpha value is -1.56. The quantitative estimate of drug-likeness (QED) is 0.865. The van der Waals surface area contributed by atoms with Gasteiger partial charge in [0, 0.05) is 6.04 Å². The van der Waals surface area contributed by atoms with E-state index >= 15 is 0 Å². The van der Waals surface area contributed by atoms with Crippen LogP contribution < -0.4 is 10.6 Å². The van der Waals surface area contributed by atoms with Crippen molar-refractivity contribution in [2.24, 2.45) is 0 Å². The van der Waals surface area contributed by atoms with Crippen molar-refractivity contribution in [2.45, 2.75) is 26.1 Å². The van der Waals surface area contributed by atoms with Crippen LogP contribution in [0.1, 0.15) is 24.1 Å². The highest BCUT2D eigenvalue weighted by Gasteiger charge is 2.27. The minimum absolute atomic E-state index is 0.0992. The van der Waals surface area contributed by atoms with Crippen LogP contribution in [0.5, 0.6) is 0 Å². The summed E-state index contributed by atoms with van der Waals surface area (Å²) in [5, 5.41) is 4.71. The second kappa shape index (κ2) is 6.56. The number of nitrogens with one attached hydrogen (secondary N) is 2. The van der Waals surface area contributed by atoms with Crippen LogP contribution in [0, 0.1) is 6.92 Å². The largest absolute Gasteiger partial charge is 0.405 e. The maximum Gasteiger partial charge on any atom is 0.405 e.